The summed E-state index contributed by atoms with van der Waals surface area (Å²) in [5.74, 6) is 0.316. The maximum Gasteiger partial charge on any atom is 0.240 e. The van der Waals surface area contributed by atoms with Crippen LogP contribution in [-0.2, 0) is 14.8 Å². The summed E-state index contributed by atoms with van der Waals surface area (Å²) in [6.45, 7) is 3.55. The van der Waals surface area contributed by atoms with Gasteiger partial charge in [0.25, 0.3) is 0 Å². The Hall–Kier alpha value is -0.820. The fourth-order valence-electron chi connectivity index (χ4n) is 2.09. The van der Waals surface area contributed by atoms with E-state index in [0.29, 0.717) is 41.9 Å². The molecule has 3 N–H and O–H groups in total. The highest BCUT2D eigenvalue weighted by Crippen LogP contribution is 2.26. The number of hydrogen-bond acceptors (Lipinski definition) is 4. The molecule has 0 spiro atoms. The van der Waals surface area contributed by atoms with Crippen LogP contribution < -0.4 is 10.5 Å². The van der Waals surface area contributed by atoms with Crippen molar-refractivity contribution in [2.75, 3.05) is 25.5 Å². The maximum atomic E-state index is 12.2. The summed E-state index contributed by atoms with van der Waals surface area (Å²) in [6, 6.07) is 2.87. The molecule has 1 aliphatic heterocycles. The predicted molar refractivity (Wildman–Crippen MR) is 79.3 cm³/mol. The molecular weight excluding hydrogens is 300 g/mol. The Labute approximate surface area is 124 Å². The van der Waals surface area contributed by atoms with E-state index < -0.39 is 10.0 Å². The number of nitrogen functional groups attached to an aromatic ring is 1. The van der Waals surface area contributed by atoms with Crippen molar-refractivity contribution in [2.24, 2.45) is 5.92 Å². The number of nitrogens with two attached hydrogens (primary N) is 1. The molecule has 1 aromatic rings. The molecule has 0 aromatic heterocycles. The van der Waals surface area contributed by atoms with Gasteiger partial charge in [0.1, 0.15) is 0 Å². The number of anilines is 1. The van der Waals surface area contributed by atoms with E-state index >= 15 is 0 Å². The van der Waals surface area contributed by atoms with Gasteiger partial charge in [-0.05, 0) is 43.4 Å². The molecule has 1 aliphatic rings. The Kier molecular flexibility index (Phi) is 4.90. The number of sulfonamides is 1. The minimum atomic E-state index is -3.58. The average molecular weight is 319 g/mol. The van der Waals surface area contributed by atoms with Crippen LogP contribution in [0, 0.1) is 12.8 Å². The molecule has 1 heterocycles. The van der Waals surface area contributed by atoms with Crippen molar-refractivity contribution in [2.45, 2.75) is 24.7 Å². The summed E-state index contributed by atoms with van der Waals surface area (Å²) in [7, 11) is -3.58. The van der Waals surface area contributed by atoms with Crippen LogP contribution in [0.15, 0.2) is 17.0 Å². The normalized spacial score (nSPS) is 17.3. The van der Waals surface area contributed by atoms with Crippen molar-refractivity contribution in [3.05, 3.63) is 22.7 Å². The molecule has 0 unspecified atom stereocenters. The minimum absolute atomic E-state index is 0.109. The Morgan fingerprint density at radius 2 is 2.05 bits per heavy atom. The lowest BCUT2D eigenvalue weighted by Gasteiger charge is -2.22. The van der Waals surface area contributed by atoms with Crippen LogP contribution in [0.25, 0.3) is 0 Å². The van der Waals surface area contributed by atoms with E-state index in [4.69, 9.17) is 22.1 Å². The number of halogens is 1. The van der Waals surface area contributed by atoms with Gasteiger partial charge in [0, 0.05) is 30.5 Å². The third-order valence-corrected chi connectivity index (χ3v) is 5.37. The first kappa shape index (κ1) is 15.6. The van der Waals surface area contributed by atoms with Crippen LogP contribution in [0.5, 0.6) is 0 Å². The lowest BCUT2D eigenvalue weighted by molar-refractivity contribution is 0.0678. The second-order valence-electron chi connectivity index (χ2n) is 5.03. The monoisotopic (exact) mass is 318 g/mol. The summed E-state index contributed by atoms with van der Waals surface area (Å²) in [5, 5.41) is 0.358. The van der Waals surface area contributed by atoms with Gasteiger partial charge in [-0.25, -0.2) is 13.1 Å². The molecule has 0 aliphatic carbocycles. The molecular formula is C13H19ClN2O3S. The molecule has 0 saturated carbocycles. The highest BCUT2D eigenvalue weighted by Gasteiger charge is 2.20. The lowest BCUT2D eigenvalue weighted by Crippen LogP contribution is -2.32. The highest BCUT2D eigenvalue weighted by molar-refractivity contribution is 7.89. The summed E-state index contributed by atoms with van der Waals surface area (Å²) in [5.41, 5.74) is 6.83. The van der Waals surface area contributed by atoms with Crippen molar-refractivity contribution in [3.8, 4) is 0 Å². The van der Waals surface area contributed by atoms with Crippen molar-refractivity contribution in [1.82, 2.24) is 4.72 Å². The van der Waals surface area contributed by atoms with Gasteiger partial charge < -0.3 is 10.5 Å². The number of benzene rings is 1. The number of rotatable bonds is 4. The van der Waals surface area contributed by atoms with E-state index in [2.05, 4.69) is 4.72 Å². The zero-order chi connectivity index (χ0) is 14.8. The first-order valence-electron chi connectivity index (χ1n) is 6.53. The maximum absolute atomic E-state index is 12.2. The van der Waals surface area contributed by atoms with Crippen LogP contribution in [0.2, 0.25) is 5.02 Å². The SMILES string of the molecule is Cc1c(N)cc(S(=O)(=O)NCC2CCOCC2)cc1Cl. The Bertz CT molecular complexity index is 560. The van der Waals surface area contributed by atoms with Crippen LogP contribution >= 0.6 is 11.6 Å². The third kappa shape index (κ3) is 3.63. The van der Waals surface area contributed by atoms with E-state index in [1.807, 2.05) is 0 Å². The molecule has 0 radical (unpaired) electrons. The first-order chi connectivity index (χ1) is 9.40. The molecule has 1 aromatic carbocycles. The molecule has 0 amide bonds. The molecule has 1 saturated heterocycles. The van der Waals surface area contributed by atoms with Crippen LogP contribution in [-0.4, -0.2) is 28.2 Å². The molecule has 20 heavy (non-hydrogen) atoms. The van der Waals surface area contributed by atoms with E-state index in [0.717, 1.165) is 12.8 Å². The van der Waals surface area contributed by atoms with Gasteiger partial charge in [-0.1, -0.05) is 11.6 Å². The van der Waals surface area contributed by atoms with Gasteiger partial charge in [-0.3, -0.25) is 0 Å². The highest BCUT2D eigenvalue weighted by atomic mass is 35.5. The molecule has 2 rings (SSSR count). The first-order valence-corrected chi connectivity index (χ1v) is 8.39. The Balaban J connectivity index is 2.10. The average Bonchev–Trinajstić information content (AvgIpc) is 2.43. The van der Waals surface area contributed by atoms with E-state index in [-0.39, 0.29) is 4.90 Å². The van der Waals surface area contributed by atoms with Crippen LogP contribution in [0.3, 0.4) is 0 Å². The number of ether oxygens (including phenoxy) is 1. The van der Waals surface area contributed by atoms with Crippen LogP contribution in [0.1, 0.15) is 18.4 Å². The molecule has 0 bridgehead atoms. The summed E-state index contributed by atoms with van der Waals surface area (Å²) < 4.78 is 32.3. The van der Waals surface area contributed by atoms with Crippen molar-refractivity contribution in [3.63, 3.8) is 0 Å². The quantitative estimate of drug-likeness (QED) is 0.831. The Morgan fingerprint density at radius 3 is 2.65 bits per heavy atom. The lowest BCUT2D eigenvalue weighted by atomic mass is 10.0. The summed E-state index contributed by atoms with van der Waals surface area (Å²) in [6.07, 6.45) is 1.75. The van der Waals surface area contributed by atoms with Crippen LogP contribution in [0.4, 0.5) is 5.69 Å². The second-order valence-corrected chi connectivity index (χ2v) is 7.20. The fraction of sp³-hybridized carbons (Fsp3) is 0.538. The van der Waals surface area contributed by atoms with Crippen molar-refractivity contribution >= 4 is 27.3 Å². The predicted octanol–water partition coefficient (Wildman–Crippen LogP) is 1.94. The van der Waals surface area contributed by atoms with Crippen molar-refractivity contribution in [1.29, 1.82) is 0 Å². The Morgan fingerprint density at radius 1 is 1.40 bits per heavy atom. The van der Waals surface area contributed by atoms with E-state index in [1.165, 1.54) is 12.1 Å². The van der Waals surface area contributed by atoms with Gasteiger partial charge in [-0.15, -0.1) is 0 Å². The molecule has 5 nitrogen and oxygen atoms in total. The molecule has 112 valence electrons. The largest absolute Gasteiger partial charge is 0.398 e. The third-order valence-electron chi connectivity index (χ3n) is 3.57. The zero-order valence-electron chi connectivity index (χ0n) is 11.4. The number of nitrogens with one attached hydrogen (secondary N) is 1. The minimum Gasteiger partial charge on any atom is -0.398 e. The fourth-order valence-corrected chi connectivity index (χ4v) is 3.56. The molecule has 0 atom stereocenters. The summed E-state index contributed by atoms with van der Waals surface area (Å²) >= 11 is 5.99. The molecule has 7 heteroatoms. The summed E-state index contributed by atoms with van der Waals surface area (Å²) in [4.78, 5) is 0.109. The van der Waals surface area contributed by atoms with Gasteiger partial charge in [0.2, 0.25) is 10.0 Å². The standard InChI is InChI=1S/C13H19ClN2O3S/c1-9-12(14)6-11(7-13(9)15)20(17,18)16-8-10-2-4-19-5-3-10/h6-7,10,16H,2-5,8,15H2,1H3. The van der Waals surface area contributed by atoms with Gasteiger partial charge >= 0.3 is 0 Å². The zero-order valence-corrected chi connectivity index (χ0v) is 12.9. The van der Waals surface area contributed by atoms with E-state index in [9.17, 15) is 8.42 Å². The topological polar surface area (TPSA) is 81.4 Å². The molecule has 1 fully saturated rings. The second kappa shape index (κ2) is 6.30. The number of hydrogen-bond donors (Lipinski definition) is 2. The van der Waals surface area contributed by atoms with Gasteiger partial charge in [-0.2, -0.15) is 0 Å². The van der Waals surface area contributed by atoms with Gasteiger partial charge in [0.05, 0.1) is 4.90 Å². The van der Waals surface area contributed by atoms with Gasteiger partial charge in [0.15, 0.2) is 0 Å². The van der Waals surface area contributed by atoms with E-state index in [1.54, 1.807) is 6.92 Å². The van der Waals surface area contributed by atoms with Crippen molar-refractivity contribution < 1.29 is 13.2 Å². The smallest absolute Gasteiger partial charge is 0.240 e.